The lowest BCUT2D eigenvalue weighted by atomic mass is 10.0. The van der Waals surface area contributed by atoms with Crippen molar-refractivity contribution in [3.63, 3.8) is 0 Å². The van der Waals surface area contributed by atoms with Crippen LogP contribution in [-0.4, -0.2) is 39.0 Å². The highest BCUT2D eigenvalue weighted by atomic mass is 19.1. The summed E-state index contributed by atoms with van der Waals surface area (Å²) in [5.74, 6) is -0.0727. The first-order chi connectivity index (χ1) is 18.3. The van der Waals surface area contributed by atoms with Crippen molar-refractivity contribution in [1.29, 1.82) is 0 Å². The van der Waals surface area contributed by atoms with E-state index in [9.17, 15) is 14.3 Å². The van der Waals surface area contributed by atoms with Crippen LogP contribution < -0.4 is 9.47 Å². The summed E-state index contributed by atoms with van der Waals surface area (Å²) in [6.07, 6.45) is 3.63. The number of fused-ring (bicyclic) bond motifs is 1. The third-order valence-corrected chi connectivity index (χ3v) is 6.25. The molecule has 0 bridgehead atoms. The molecule has 0 fully saturated rings. The van der Waals surface area contributed by atoms with E-state index in [0.29, 0.717) is 47.2 Å². The van der Waals surface area contributed by atoms with E-state index in [2.05, 4.69) is 5.16 Å². The molecule has 0 aliphatic heterocycles. The first-order valence-corrected chi connectivity index (χ1v) is 12.2. The molecule has 0 radical (unpaired) electrons. The lowest BCUT2D eigenvalue weighted by Crippen LogP contribution is -2.07. The number of carbonyl (C=O) groups is 1. The van der Waals surface area contributed by atoms with Gasteiger partial charge in [-0.05, 0) is 63.6 Å². The minimum absolute atomic E-state index is 0.0467. The lowest BCUT2D eigenvalue weighted by Gasteiger charge is -2.18. The van der Waals surface area contributed by atoms with Crippen LogP contribution in [0.4, 0.5) is 4.39 Å². The fourth-order valence-corrected chi connectivity index (χ4v) is 4.64. The van der Waals surface area contributed by atoms with Crippen LogP contribution in [0.15, 0.2) is 59.4 Å². The summed E-state index contributed by atoms with van der Waals surface area (Å²) in [6, 6.07) is 11.1. The van der Waals surface area contributed by atoms with Crippen LogP contribution in [0.25, 0.3) is 39.0 Å². The Morgan fingerprint density at radius 1 is 1.03 bits per heavy atom. The zero-order valence-corrected chi connectivity index (χ0v) is 21.4. The van der Waals surface area contributed by atoms with Gasteiger partial charge in [0.2, 0.25) is 0 Å². The van der Waals surface area contributed by atoms with Crippen LogP contribution in [0.1, 0.15) is 35.7 Å². The van der Waals surface area contributed by atoms with Gasteiger partial charge in [0.05, 0.1) is 35.5 Å². The second-order valence-corrected chi connectivity index (χ2v) is 8.70. The molecule has 0 aliphatic rings. The van der Waals surface area contributed by atoms with Crippen molar-refractivity contribution in [2.45, 2.75) is 27.7 Å². The molecule has 38 heavy (non-hydrogen) atoms. The van der Waals surface area contributed by atoms with Crippen LogP contribution in [-0.2, 0) is 0 Å². The maximum absolute atomic E-state index is 13.7. The Morgan fingerprint density at radius 3 is 2.24 bits per heavy atom. The largest absolute Gasteiger partial charge is 0.492 e. The van der Waals surface area contributed by atoms with Gasteiger partial charge in [0.1, 0.15) is 28.8 Å². The summed E-state index contributed by atoms with van der Waals surface area (Å²) >= 11 is 0. The molecule has 194 valence electrons. The van der Waals surface area contributed by atoms with E-state index in [1.54, 1.807) is 18.3 Å². The number of nitrogens with zero attached hydrogens (tertiary/aromatic N) is 3. The third-order valence-electron chi connectivity index (χ3n) is 6.25. The average Bonchev–Trinajstić information content (AvgIpc) is 3.43. The number of aromatic nitrogens is 3. The van der Waals surface area contributed by atoms with Crippen molar-refractivity contribution in [3.05, 3.63) is 77.7 Å². The number of ether oxygens (including phenoxy) is 2. The Balaban J connectivity index is 1.86. The SMILES string of the molecule is CCOc1cc(C(=O)O)cc(OCC)c1-n1cc(-c2ccc(F)cc2)c2ncc(-c3c(C)noc3C)cc21. The smallest absolute Gasteiger partial charge is 0.335 e. The standard InChI is InChI=1S/C29H26FN3O5/c1-5-36-24-12-19(29(34)35)13-25(37-6-2)28(24)33-15-22(18-7-9-21(30)10-8-18)27-23(33)11-20(14-31-27)26-16(3)32-38-17(26)4/h7-15H,5-6H2,1-4H3,(H,34,35). The molecule has 1 N–H and O–H groups in total. The fraction of sp³-hybridized carbons (Fsp3) is 0.207. The van der Waals surface area contributed by atoms with Crippen molar-refractivity contribution in [1.82, 2.24) is 14.7 Å². The number of pyridine rings is 1. The van der Waals surface area contributed by atoms with Crippen LogP contribution in [0.2, 0.25) is 0 Å². The number of carboxylic acid groups (broad SMARTS) is 1. The Kier molecular flexibility index (Phi) is 6.59. The molecular weight excluding hydrogens is 489 g/mol. The van der Waals surface area contributed by atoms with Crippen molar-refractivity contribution in [2.75, 3.05) is 13.2 Å². The summed E-state index contributed by atoms with van der Waals surface area (Å²) in [6.45, 7) is 7.98. The predicted molar refractivity (Wildman–Crippen MR) is 141 cm³/mol. The molecule has 2 aromatic carbocycles. The van der Waals surface area contributed by atoms with Crippen LogP contribution >= 0.6 is 0 Å². The number of hydrogen-bond acceptors (Lipinski definition) is 6. The van der Waals surface area contributed by atoms with Crippen LogP contribution in [0.3, 0.4) is 0 Å². The van der Waals surface area contributed by atoms with E-state index in [4.69, 9.17) is 19.0 Å². The number of rotatable bonds is 8. The normalized spacial score (nSPS) is 11.2. The third kappa shape index (κ3) is 4.36. The summed E-state index contributed by atoms with van der Waals surface area (Å²) in [4.78, 5) is 16.7. The van der Waals surface area contributed by atoms with Gasteiger partial charge in [-0.25, -0.2) is 9.18 Å². The van der Waals surface area contributed by atoms with Gasteiger partial charge in [0.25, 0.3) is 0 Å². The van der Waals surface area contributed by atoms with E-state index >= 15 is 0 Å². The van der Waals surface area contributed by atoms with Crippen molar-refractivity contribution < 1.29 is 28.3 Å². The highest BCUT2D eigenvalue weighted by Crippen LogP contribution is 2.41. The Bertz CT molecular complexity index is 1610. The maximum atomic E-state index is 13.7. The second-order valence-electron chi connectivity index (χ2n) is 8.70. The van der Waals surface area contributed by atoms with Gasteiger partial charge in [-0.3, -0.25) is 4.98 Å². The maximum Gasteiger partial charge on any atom is 0.335 e. The van der Waals surface area contributed by atoms with Crippen molar-refractivity contribution in [2.24, 2.45) is 0 Å². The Hall–Kier alpha value is -4.66. The number of benzene rings is 2. The molecule has 0 aliphatic carbocycles. The van der Waals surface area contributed by atoms with Crippen molar-refractivity contribution in [3.8, 4) is 39.4 Å². The lowest BCUT2D eigenvalue weighted by molar-refractivity contribution is 0.0695. The molecule has 0 amide bonds. The van der Waals surface area contributed by atoms with Gasteiger partial charge in [-0.15, -0.1) is 0 Å². The zero-order chi connectivity index (χ0) is 27.0. The molecule has 3 aromatic heterocycles. The van der Waals surface area contributed by atoms with E-state index < -0.39 is 5.97 Å². The minimum atomic E-state index is -1.09. The van der Waals surface area contributed by atoms with E-state index in [0.717, 1.165) is 27.9 Å². The zero-order valence-electron chi connectivity index (χ0n) is 21.4. The Labute approximate surface area is 218 Å². The molecule has 0 saturated heterocycles. The van der Waals surface area contributed by atoms with Gasteiger partial charge in [0, 0.05) is 29.1 Å². The number of halogens is 1. The summed E-state index contributed by atoms with van der Waals surface area (Å²) < 4.78 is 32.9. The van der Waals surface area contributed by atoms with E-state index in [1.807, 2.05) is 44.5 Å². The molecule has 0 unspecified atom stereocenters. The number of aromatic carboxylic acids is 1. The average molecular weight is 516 g/mol. The number of aryl methyl sites for hydroxylation is 2. The summed E-state index contributed by atoms with van der Waals surface area (Å²) in [7, 11) is 0. The molecule has 8 nitrogen and oxygen atoms in total. The number of carboxylic acids is 1. The van der Waals surface area contributed by atoms with E-state index in [1.165, 1.54) is 24.3 Å². The second kappa shape index (κ2) is 10.0. The predicted octanol–water partition coefficient (Wildman–Crippen LogP) is 6.60. The van der Waals surface area contributed by atoms with Gasteiger partial charge < -0.3 is 23.7 Å². The van der Waals surface area contributed by atoms with Gasteiger partial charge in [0.15, 0.2) is 0 Å². The monoisotopic (exact) mass is 515 g/mol. The Morgan fingerprint density at radius 2 is 1.68 bits per heavy atom. The van der Waals surface area contributed by atoms with Gasteiger partial charge >= 0.3 is 5.97 Å². The molecule has 9 heteroatoms. The number of hydrogen-bond donors (Lipinski definition) is 1. The van der Waals surface area contributed by atoms with Crippen molar-refractivity contribution >= 4 is 17.0 Å². The molecule has 0 saturated carbocycles. The molecule has 0 spiro atoms. The minimum Gasteiger partial charge on any atom is -0.492 e. The molecule has 0 atom stereocenters. The molecule has 5 aromatic rings. The van der Waals surface area contributed by atoms with Crippen LogP contribution in [0.5, 0.6) is 11.5 Å². The molecule has 3 heterocycles. The summed E-state index contributed by atoms with van der Waals surface area (Å²) in [5, 5.41) is 13.8. The highest BCUT2D eigenvalue weighted by Gasteiger charge is 2.23. The van der Waals surface area contributed by atoms with Gasteiger partial charge in [-0.1, -0.05) is 17.3 Å². The quantitative estimate of drug-likeness (QED) is 0.249. The molecule has 5 rings (SSSR count). The molecular formula is C29H26FN3O5. The summed E-state index contributed by atoms with van der Waals surface area (Å²) in [5.41, 5.74) is 5.87. The van der Waals surface area contributed by atoms with E-state index in [-0.39, 0.29) is 11.4 Å². The topological polar surface area (TPSA) is 99.6 Å². The first kappa shape index (κ1) is 25.0. The first-order valence-electron chi connectivity index (χ1n) is 12.2. The fourth-order valence-electron chi connectivity index (χ4n) is 4.64. The van der Waals surface area contributed by atoms with Gasteiger partial charge in [-0.2, -0.15) is 0 Å². The van der Waals surface area contributed by atoms with Crippen LogP contribution in [0, 0.1) is 19.7 Å². The highest BCUT2D eigenvalue weighted by molar-refractivity contribution is 5.97.